The summed E-state index contributed by atoms with van der Waals surface area (Å²) in [4.78, 5) is 82.6. The van der Waals surface area contributed by atoms with E-state index in [0.717, 1.165) is 52.0 Å². The molecule has 1 amide bonds. The third-order valence-electron chi connectivity index (χ3n) is 14.0. The van der Waals surface area contributed by atoms with Crippen molar-refractivity contribution in [1.29, 1.82) is 10.5 Å². The molecule has 0 saturated heterocycles. The molecule has 1 aromatic carbocycles. The second-order valence-electron chi connectivity index (χ2n) is 23.5. The predicted molar refractivity (Wildman–Crippen MR) is 426 cm³/mol. The molecule has 10 aromatic heterocycles. The number of ether oxygens (including phenoxy) is 2. The highest BCUT2D eigenvalue weighted by atomic mass is 32.2. The quantitative estimate of drug-likeness (QED) is 0.0613. The minimum absolute atomic E-state index is 0.161. The average Bonchev–Trinajstić information content (AvgIpc) is 0.906. The zero-order valence-electron chi connectivity index (χ0n) is 68.3. The topological polar surface area (TPSA) is 334 Å². The van der Waals surface area contributed by atoms with Crippen LogP contribution in [0.3, 0.4) is 0 Å². The van der Waals surface area contributed by atoms with Crippen LogP contribution in [0.15, 0.2) is 287 Å². The van der Waals surface area contributed by atoms with Crippen LogP contribution in [-0.4, -0.2) is 69.8 Å². The number of carbonyl (C=O) groups is 3. The first-order valence-electron chi connectivity index (χ1n) is 34.8. The molecular formula is C86H106N14O14S2+10. The number of nitrogens with zero attached hydrogens (tertiary/aromatic N) is 12. The van der Waals surface area contributed by atoms with Gasteiger partial charge in [0.05, 0.1) is 25.3 Å². The monoisotopic (exact) mass is 1620 g/mol. The number of rotatable bonds is 13. The third kappa shape index (κ3) is 61.5. The van der Waals surface area contributed by atoms with Crippen LogP contribution in [0.5, 0.6) is 0 Å². The Kier molecular flexibility index (Phi) is 63.8. The highest BCUT2D eigenvalue weighted by molar-refractivity contribution is 7.98. The van der Waals surface area contributed by atoms with Crippen molar-refractivity contribution in [3.05, 3.63) is 327 Å². The number of methoxy groups -OCH3 is 1. The van der Waals surface area contributed by atoms with Gasteiger partial charge in [0.1, 0.15) is 94.3 Å². The predicted octanol–water partition coefficient (Wildman–Crippen LogP) is 5.60. The number of nitriles is 2. The lowest BCUT2D eigenvalue weighted by Gasteiger charge is -2.03. The van der Waals surface area contributed by atoms with E-state index in [2.05, 4.69) is 83.9 Å². The number of aromatic nitrogens is 10. The number of hydrogen-bond acceptors (Lipinski definition) is 18. The molecule has 0 atom stereocenters. The Morgan fingerprint density at radius 1 is 0.500 bits per heavy atom. The van der Waals surface area contributed by atoms with Gasteiger partial charge >= 0.3 is 41.0 Å². The van der Waals surface area contributed by atoms with Gasteiger partial charge in [0.15, 0.2) is 124 Å². The average molecular weight is 1620 g/mol. The standard InChI is InChI=1S/C14H14NO2.C10H14NO2.2C8H9N2.C8H12N.C8H10N.C7H8N2O.C7H10N2.C7H10NS.C6H8N.3CO2.O3S/c1-15-9-5-8-13(10-15)14(16)17-11-12-6-3-2-4-7-12;1-11-7-3-4-9(8-11)5-6-10(12)13-2;1-7-3-8(4-9)6-10(2)5-7;1-10-6-2-3-8(7-10)4-5-9;2*1-3-8-4-6-9(2)7-5-8;1-9-4-2-7(3-5-9)8-6-10;1-8-7-3-5-9(2)6-4-7;1-8-5-3-7(9-2)4-6-8;1-7-5-3-2-4-6-7;3*2-1-3;1-4(2)3/h2-10H,11H2,1H3;3-4,7-8H,5-6H2,1-2H3;3,5-6H,1-2H3;2-3,6-7H,4H2,1H3;4-7H,3H2,1-2H3;3-7H,1H2,2H3;2-6H,1H3;2*3-6H,1-2H3;2-6H,1H3;;;;/q6*+1;;;2*+1;;;;/p+2. The molecular weight excluding hydrogens is 1520 g/mol. The maximum atomic E-state index is 11.7. The van der Waals surface area contributed by atoms with E-state index in [0.29, 0.717) is 37.0 Å². The largest absolute Gasteiger partial charge is 0.469 e. The molecule has 0 spiro atoms. The van der Waals surface area contributed by atoms with E-state index in [-0.39, 0.29) is 30.4 Å². The van der Waals surface area contributed by atoms with Crippen molar-refractivity contribution in [2.75, 3.05) is 31.0 Å². The van der Waals surface area contributed by atoms with E-state index in [1.807, 2.05) is 357 Å². The van der Waals surface area contributed by atoms with Gasteiger partial charge in [-0.1, -0.05) is 56.0 Å². The maximum absolute atomic E-state index is 11.7. The van der Waals surface area contributed by atoms with Crippen LogP contribution in [0.4, 0.5) is 11.4 Å². The number of thioether (sulfide) groups is 1. The smallest absolute Gasteiger partial charge is 0.425 e. The van der Waals surface area contributed by atoms with E-state index >= 15 is 0 Å². The molecule has 10 heterocycles. The molecule has 0 saturated carbocycles. The Morgan fingerprint density at radius 3 is 1.30 bits per heavy atom. The van der Waals surface area contributed by atoms with Crippen LogP contribution in [0.2, 0.25) is 0 Å². The molecule has 0 fully saturated rings. The highest BCUT2D eigenvalue weighted by Gasteiger charge is 2.11. The Morgan fingerprint density at radius 2 is 0.905 bits per heavy atom. The van der Waals surface area contributed by atoms with Crippen LogP contribution in [-0.2, 0) is 155 Å². The lowest BCUT2D eigenvalue weighted by atomic mass is 10.1. The first kappa shape index (κ1) is 106. The van der Waals surface area contributed by atoms with Crippen LogP contribution in [0, 0.1) is 29.6 Å². The summed E-state index contributed by atoms with van der Waals surface area (Å²) in [6.07, 6.45) is 47.3. The Hall–Kier alpha value is -14.2. The highest BCUT2D eigenvalue weighted by Crippen LogP contribution is 2.10. The molecule has 0 aliphatic carbocycles. The summed E-state index contributed by atoms with van der Waals surface area (Å²) < 4.78 is 54.7. The van der Waals surface area contributed by atoms with Gasteiger partial charge in [-0.05, 0) is 67.0 Å². The molecule has 0 aliphatic heterocycles. The van der Waals surface area contributed by atoms with Crippen LogP contribution >= 0.6 is 11.8 Å². The molecule has 0 bridgehead atoms. The fourth-order valence-corrected chi connectivity index (χ4v) is 8.72. The van der Waals surface area contributed by atoms with Crippen LogP contribution < -0.4 is 56.3 Å². The second-order valence-corrected chi connectivity index (χ2v) is 24.8. The zero-order valence-corrected chi connectivity index (χ0v) is 69.9. The molecule has 2 N–H and O–H groups in total. The summed E-state index contributed by atoms with van der Waals surface area (Å²) in [5, 5.41) is 22.5. The van der Waals surface area contributed by atoms with Crippen molar-refractivity contribution < 1.29 is 111 Å². The maximum Gasteiger partial charge on any atom is 0.425 e. The zero-order chi connectivity index (χ0) is 87.7. The number of hydrogen-bond donors (Lipinski definition) is 2. The van der Waals surface area contributed by atoms with Crippen molar-refractivity contribution in [3.63, 3.8) is 0 Å². The van der Waals surface area contributed by atoms with Gasteiger partial charge in [0, 0.05) is 132 Å². The lowest BCUT2D eigenvalue weighted by molar-refractivity contribution is -0.672. The minimum atomic E-state index is -3.11. The Balaban J connectivity index is -0.00000121. The van der Waals surface area contributed by atoms with E-state index in [9.17, 15) is 14.4 Å². The molecule has 30 heteroatoms. The first-order chi connectivity index (χ1) is 55.5. The van der Waals surface area contributed by atoms with E-state index < -0.39 is 10.6 Å². The first-order valence-corrected chi connectivity index (χ1v) is 37.1. The summed E-state index contributed by atoms with van der Waals surface area (Å²) >= 11 is 1.76. The van der Waals surface area contributed by atoms with Gasteiger partial charge in [-0.15, -0.1) is 24.4 Å². The van der Waals surface area contributed by atoms with E-state index in [4.69, 9.17) is 56.7 Å². The number of nitrogens with one attached hydrogen (secondary N) is 2. The number of anilines is 2. The summed E-state index contributed by atoms with van der Waals surface area (Å²) in [5.41, 5.74) is 10.1. The molecule has 11 aromatic rings. The van der Waals surface area contributed by atoms with Crippen LogP contribution in [0.1, 0.15) is 62.6 Å². The van der Waals surface area contributed by atoms with Gasteiger partial charge in [0.2, 0.25) is 6.41 Å². The Bertz CT molecular complexity index is 4690. The summed E-state index contributed by atoms with van der Waals surface area (Å²) in [6, 6.07) is 53.3. The van der Waals surface area contributed by atoms with E-state index in [1.54, 1.807) is 30.2 Å². The van der Waals surface area contributed by atoms with Crippen molar-refractivity contribution in [2.24, 2.45) is 70.5 Å². The number of amides is 1. The van der Waals surface area contributed by atoms with Gasteiger partial charge in [0.25, 0.3) is 0 Å². The summed E-state index contributed by atoms with van der Waals surface area (Å²) in [6.45, 7) is 8.09. The molecule has 0 unspecified atom stereocenters. The minimum Gasteiger partial charge on any atom is -0.469 e. The number of benzene rings is 1. The van der Waals surface area contributed by atoms with Crippen molar-refractivity contribution in [2.45, 2.75) is 51.0 Å². The van der Waals surface area contributed by atoms with Crippen LogP contribution in [0.25, 0.3) is 6.08 Å². The van der Waals surface area contributed by atoms with E-state index in [1.165, 1.54) is 17.6 Å². The van der Waals surface area contributed by atoms with Gasteiger partial charge in [-0.2, -0.15) is 39.3 Å². The molecule has 11 rings (SSSR count). The van der Waals surface area contributed by atoms with Gasteiger partial charge in [-0.3, -0.25) is 9.59 Å². The second kappa shape index (κ2) is 69.9. The molecule has 0 aliphatic rings. The number of pyridine rings is 10. The number of aryl methyl sites for hydroxylation is 13. The number of carbonyl (C=O) groups excluding carboxylic acids is 9. The van der Waals surface area contributed by atoms with Gasteiger partial charge in [-0.25, -0.2) is 50.5 Å². The fourth-order valence-electron chi connectivity index (χ4n) is 8.32. The van der Waals surface area contributed by atoms with Crippen molar-refractivity contribution >= 4 is 76.6 Å². The third-order valence-corrected chi connectivity index (χ3v) is 14.7. The SMILES string of the molecule is C=Cc1cc[n+](C)cc1.CCc1cc[n+](C)cc1.CNc1cc[n+](C)cc1.COC(=O)CCc1ccc[n+](C)c1.CSc1cc[n+](C)cc1.C[n+]1ccc(NC=O)cc1.C[n+]1cccc(C(=O)OCc2ccccc2)c1.C[n+]1cccc(CC#N)c1.C[n+]1ccccc1.Cc1cc(C#N)c[n+](C)c1.O=C=O.O=C=O.O=C=O.O=S(=O)=O. The van der Waals surface area contributed by atoms with Gasteiger partial charge < -0.3 is 20.1 Å². The Labute approximate surface area is 685 Å². The number of esters is 2. The van der Waals surface area contributed by atoms with Crippen molar-refractivity contribution in [3.8, 4) is 12.1 Å². The summed E-state index contributed by atoms with van der Waals surface area (Å²) in [7, 11) is 19.9. The fraction of sp³-hybridized carbons (Fsp3) is 0.233. The van der Waals surface area contributed by atoms with Crippen molar-refractivity contribution in [1.82, 2.24) is 0 Å². The molecule has 0 radical (unpaired) electrons. The summed E-state index contributed by atoms with van der Waals surface area (Å²) in [5.74, 6) is -0.462. The normalized spacial score (nSPS) is 8.66. The molecule has 28 nitrogen and oxygen atoms in total. The molecule has 606 valence electrons. The molecule has 116 heavy (non-hydrogen) atoms. The lowest BCUT2D eigenvalue weighted by Crippen LogP contribution is -2.28.